The summed E-state index contributed by atoms with van der Waals surface area (Å²) in [5.74, 6) is 1.61. The van der Waals surface area contributed by atoms with Crippen LogP contribution >= 0.6 is 0 Å². The van der Waals surface area contributed by atoms with Crippen LogP contribution in [-0.4, -0.2) is 40.6 Å². The quantitative estimate of drug-likeness (QED) is 0.639. The SMILES string of the molecule is COc1ccc(CN2CCc3nc(-c4ccc(N)cc4)[nH]c(=O)c3C2)c(OC)n1. The van der Waals surface area contributed by atoms with Gasteiger partial charge in [-0.05, 0) is 30.3 Å². The Hall–Kier alpha value is -3.39. The summed E-state index contributed by atoms with van der Waals surface area (Å²) in [6.07, 6.45) is 0.702. The highest BCUT2D eigenvalue weighted by molar-refractivity contribution is 5.58. The Morgan fingerprint density at radius 1 is 1.10 bits per heavy atom. The van der Waals surface area contributed by atoms with Gasteiger partial charge in [-0.25, -0.2) is 4.98 Å². The third-order valence-corrected chi connectivity index (χ3v) is 5.04. The van der Waals surface area contributed by atoms with Crippen molar-refractivity contribution < 1.29 is 9.47 Å². The summed E-state index contributed by atoms with van der Waals surface area (Å²) in [5, 5.41) is 0. The van der Waals surface area contributed by atoms with Crippen molar-refractivity contribution in [2.45, 2.75) is 19.5 Å². The molecule has 0 saturated heterocycles. The maximum Gasteiger partial charge on any atom is 0.255 e. The van der Waals surface area contributed by atoms with E-state index in [0.29, 0.717) is 48.3 Å². The summed E-state index contributed by atoms with van der Waals surface area (Å²) in [6.45, 7) is 1.94. The van der Waals surface area contributed by atoms with Crippen LogP contribution in [0.25, 0.3) is 11.4 Å². The highest BCUT2D eigenvalue weighted by atomic mass is 16.5. The molecular weight excluding hydrogens is 370 g/mol. The number of fused-ring (bicyclic) bond motifs is 1. The van der Waals surface area contributed by atoms with E-state index in [9.17, 15) is 4.79 Å². The second-order valence-electron chi connectivity index (χ2n) is 6.94. The average molecular weight is 393 g/mol. The van der Waals surface area contributed by atoms with Gasteiger partial charge in [0, 0.05) is 48.9 Å². The summed E-state index contributed by atoms with van der Waals surface area (Å²) in [7, 11) is 3.16. The number of ether oxygens (including phenoxy) is 2. The molecule has 0 fully saturated rings. The summed E-state index contributed by atoms with van der Waals surface area (Å²) >= 11 is 0. The number of aromatic nitrogens is 3. The molecule has 29 heavy (non-hydrogen) atoms. The van der Waals surface area contributed by atoms with Crippen LogP contribution in [0, 0.1) is 0 Å². The number of nitrogen functional groups attached to an aromatic ring is 1. The molecule has 4 rings (SSSR count). The molecule has 3 aromatic rings. The fourth-order valence-electron chi connectivity index (χ4n) is 3.50. The molecule has 3 N–H and O–H groups in total. The third-order valence-electron chi connectivity index (χ3n) is 5.04. The molecule has 0 amide bonds. The van der Waals surface area contributed by atoms with Gasteiger partial charge in [-0.3, -0.25) is 9.69 Å². The molecule has 0 aliphatic carbocycles. The van der Waals surface area contributed by atoms with Crippen molar-refractivity contribution in [3.8, 4) is 23.1 Å². The van der Waals surface area contributed by atoms with E-state index in [0.717, 1.165) is 23.4 Å². The lowest BCUT2D eigenvalue weighted by Gasteiger charge is -2.28. The maximum absolute atomic E-state index is 12.7. The van der Waals surface area contributed by atoms with Crippen LogP contribution in [0.2, 0.25) is 0 Å². The van der Waals surface area contributed by atoms with Crippen molar-refractivity contribution in [2.75, 3.05) is 26.5 Å². The standard InChI is InChI=1S/C21H23N5O3/c1-28-18-8-5-14(21(24-18)29-2)11-26-10-9-17-16(12-26)20(27)25-19(23-17)13-3-6-15(22)7-4-13/h3-8H,9-12,22H2,1-2H3,(H,23,25,27). The number of pyridine rings is 1. The van der Waals surface area contributed by atoms with Crippen LogP contribution in [0.1, 0.15) is 16.8 Å². The van der Waals surface area contributed by atoms with E-state index in [1.807, 2.05) is 24.3 Å². The Morgan fingerprint density at radius 2 is 1.90 bits per heavy atom. The monoisotopic (exact) mass is 393 g/mol. The zero-order valence-corrected chi connectivity index (χ0v) is 16.4. The first kappa shape index (κ1) is 18.9. The van der Waals surface area contributed by atoms with Crippen molar-refractivity contribution >= 4 is 5.69 Å². The number of hydrogen-bond donors (Lipinski definition) is 2. The number of aromatic amines is 1. The summed E-state index contributed by atoms with van der Waals surface area (Å²) in [5.41, 5.74) is 9.65. The van der Waals surface area contributed by atoms with E-state index in [1.54, 1.807) is 26.4 Å². The van der Waals surface area contributed by atoms with Gasteiger partial charge in [0.05, 0.1) is 25.5 Å². The fraction of sp³-hybridized carbons (Fsp3) is 0.286. The Labute approximate surface area is 168 Å². The zero-order valence-electron chi connectivity index (χ0n) is 16.4. The molecule has 0 radical (unpaired) electrons. The van der Waals surface area contributed by atoms with Crippen LogP contribution < -0.4 is 20.8 Å². The Balaban J connectivity index is 1.56. The lowest BCUT2D eigenvalue weighted by atomic mass is 10.1. The number of nitrogens with two attached hydrogens (primary N) is 1. The second kappa shape index (κ2) is 7.92. The van der Waals surface area contributed by atoms with Gasteiger partial charge < -0.3 is 20.2 Å². The number of methoxy groups -OCH3 is 2. The first-order valence-electron chi connectivity index (χ1n) is 9.35. The van der Waals surface area contributed by atoms with Gasteiger partial charge in [-0.15, -0.1) is 0 Å². The van der Waals surface area contributed by atoms with E-state index in [-0.39, 0.29) is 5.56 Å². The highest BCUT2D eigenvalue weighted by Crippen LogP contribution is 2.24. The minimum atomic E-state index is -0.105. The van der Waals surface area contributed by atoms with Crippen molar-refractivity contribution in [3.63, 3.8) is 0 Å². The zero-order chi connectivity index (χ0) is 20.4. The largest absolute Gasteiger partial charge is 0.481 e. The maximum atomic E-state index is 12.7. The van der Waals surface area contributed by atoms with E-state index in [1.165, 1.54) is 0 Å². The molecule has 8 heteroatoms. The van der Waals surface area contributed by atoms with Gasteiger partial charge in [0.2, 0.25) is 11.8 Å². The van der Waals surface area contributed by atoms with E-state index < -0.39 is 0 Å². The molecule has 0 atom stereocenters. The minimum Gasteiger partial charge on any atom is -0.481 e. The van der Waals surface area contributed by atoms with E-state index >= 15 is 0 Å². The average Bonchev–Trinajstić information content (AvgIpc) is 2.75. The molecule has 0 bridgehead atoms. The third kappa shape index (κ3) is 3.93. The first-order chi connectivity index (χ1) is 14.1. The Morgan fingerprint density at radius 3 is 2.62 bits per heavy atom. The number of nitrogens with one attached hydrogen (secondary N) is 1. The molecule has 1 aromatic carbocycles. The lowest BCUT2D eigenvalue weighted by molar-refractivity contribution is 0.236. The molecule has 0 saturated carbocycles. The van der Waals surface area contributed by atoms with Gasteiger partial charge in [0.25, 0.3) is 5.56 Å². The van der Waals surface area contributed by atoms with Crippen molar-refractivity contribution in [2.24, 2.45) is 0 Å². The molecule has 1 aliphatic heterocycles. The molecular formula is C21H23N5O3. The van der Waals surface area contributed by atoms with Crippen molar-refractivity contribution in [3.05, 3.63) is 63.6 Å². The number of benzene rings is 1. The molecule has 0 spiro atoms. The van der Waals surface area contributed by atoms with Crippen molar-refractivity contribution in [1.29, 1.82) is 0 Å². The number of H-pyrrole nitrogens is 1. The van der Waals surface area contributed by atoms with Crippen LogP contribution in [-0.2, 0) is 19.5 Å². The Bertz CT molecular complexity index is 1080. The highest BCUT2D eigenvalue weighted by Gasteiger charge is 2.23. The number of rotatable bonds is 5. The molecule has 0 unspecified atom stereocenters. The summed E-state index contributed by atoms with van der Waals surface area (Å²) in [6, 6.07) is 11.1. The fourth-order valence-corrected chi connectivity index (χ4v) is 3.50. The molecule has 150 valence electrons. The van der Waals surface area contributed by atoms with Gasteiger partial charge in [-0.2, -0.15) is 4.98 Å². The van der Waals surface area contributed by atoms with Crippen molar-refractivity contribution in [1.82, 2.24) is 19.9 Å². The summed E-state index contributed by atoms with van der Waals surface area (Å²) in [4.78, 5) is 26.8. The topological polar surface area (TPSA) is 106 Å². The molecule has 2 aromatic heterocycles. The van der Waals surface area contributed by atoms with Crippen LogP contribution in [0.5, 0.6) is 11.8 Å². The van der Waals surface area contributed by atoms with Gasteiger partial charge >= 0.3 is 0 Å². The number of anilines is 1. The smallest absolute Gasteiger partial charge is 0.255 e. The second-order valence-corrected chi connectivity index (χ2v) is 6.94. The van der Waals surface area contributed by atoms with Gasteiger partial charge in [0.15, 0.2) is 0 Å². The van der Waals surface area contributed by atoms with Crippen LogP contribution in [0.15, 0.2) is 41.2 Å². The minimum absolute atomic E-state index is 0.105. The van der Waals surface area contributed by atoms with Gasteiger partial charge in [0.1, 0.15) is 5.82 Å². The van der Waals surface area contributed by atoms with Crippen LogP contribution in [0.4, 0.5) is 5.69 Å². The predicted octanol–water partition coefficient (Wildman–Crippen LogP) is 1.99. The summed E-state index contributed by atoms with van der Waals surface area (Å²) < 4.78 is 10.5. The van der Waals surface area contributed by atoms with E-state index in [4.69, 9.17) is 20.2 Å². The molecule has 1 aliphatic rings. The first-order valence-corrected chi connectivity index (χ1v) is 9.35. The molecule has 3 heterocycles. The molecule has 8 nitrogen and oxygen atoms in total. The number of hydrogen-bond acceptors (Lipinski definition) is 7. The number of nitrogens with zero attached hydrogens (tertiary/aromatic N) is 3. The predicted molar refractivity (Wildman–Crippen MR) is 110 cm³/mol. The normalized spacial score (nSPS) is 13.7. The lowest BCUT2D eigenvalue weighted by Crippen LogP contribution is -2.35. The van der Waals surface area contributed by atoms with Gasteiger partial charge in [-0.1, -0.05) is 0 Å². The Kier molecular flexibility index (Phi) is 5.18. The van der Waals surface area contributed by atoms with Crippen LogP contribution in [0.3, 0.4) is 0 Å². The van der Waals surface area contributed by atoms with E-state index in [2.05, 4.69) is 14.9 Å².